The SMILES string of the molecule is CCOc1ccc(N)c(CN)c1C. The largest absolute Gasteiger partial charge is 0.494 e. The van der Waals surface area contributed by atoms with Gasteiger partial charge in [0, 0.05) is 12.2 Å². The van der Waals surface area contributed by atoms with Gasteiger partial charge in [0.25, 0.3) is 0 Å². The Bertz CT molecular complexity index is 297. The lowest BCUT2D eigenvalue weighted by molar-refractivity contribution is 0.337. The fraction of sp³-hybridized carbons (Fsp3) is 0.400. The summed E-state index contributed by atoms with van der Waals surface area (Å²) in [5.41, 5.74) is 14.1. The fourth-order valence-corrected chi connectivity index (χ4v) is 1.34. The summed E-state index contributed by atoms with van der Waals surface area (Å²) in [6.45, 7) is 5.05. The van der Waals surface area contributed by atoms with Crippen molar-refractivity contribution < 1.29 is 4.74 Å². The van der Waals surface area contributed by atoms with Gasteiger partial charge >= 0.3 is 0 Å². The van der Waals surface area contributed by atoms with Crippen molar-refractivity contribution in [3.05, 3.63) is 23.3 Å². The molecule has 0 radical (unpaired) electrons. The van der Waals surface area contributed by atoms with Crippen molar-refractivity contribution in [1.82, 2.24) is 0 Å². The van der Waals surface area contributed by atoms with Gasteiger partial charge in [-0.05, 0) is 37.1 Å². The molecule has 1 aromatic rings. The molecular formula is C10H16N2O. The van der Waals surface area contributed by atoms with Gasteiger partial charge in [-0.3, -0.25) is 0 Å². The van der Waals surface area contributed by atoms with Crippen molar-refractivity contribution >= 4 is 5.69 Å². The van der Waals surface area contributed by atoms with Crippen LogP contribution in [-0.2, 0) is 6.54 Å². The Balaban J connectivity index is 3.11. The number of hydrogen-bond donors (Lipinski definition) is 2. The molecule has 3 nitrogen and oxygen atoms in total. The van der Waals surface area contributed by atoms with Gasteiger partial charge < -0.3 is 16.2 Å². The van der Waals surface area contributed by atoms with Gasteiger partial charge in [0.2, 0.25) is 0 Å². The molecule has 1 aromatic carbocycles. The number of hydrogen-bond acceptors (Lipinski definition) is 3. The van der Waals surface area contributed by atoms with E-state index < -0.39 is 0 Å². The summed E-state index contributed by atoms with van der Waals surface area (Å²) in [5, 5.41) is 0. The molecule has 0 aliphatic carbocycles. The maximum absolute atomic E-state index is 5.76. The van der Waals surface area contributed by atoms with E-state index in [9.17, 15) is 0 Å². The lowest BCUT2D eigenvalue weighted by atomic mass is 10.1. The third-order valence-electron chi connectivity index (χ3n) is 2.09. The molecule has 0 aliphatic rings. The Morgan fingerprint density at radius 2 is 2.08 bits per heavy atom. The Morgan fingerprint density at radius 3 is 2.62 bits per heavy atom. The first kappa shape index (κ1) is 9.86. The molecule has 0 heterocycles. The second-order valence-corrected chi connectivity index (χ2v) is 2.89. The van der Waals surface area contributed by atoms with Crippen LogP contribution in [0.15, 0.2) is 12.1 Å². The maximum Gasteiger partial charge on any atom is 0.122 e. The first-order valence-corrected chi connectivity index (χ1v) is 4.41. The lowest BCUT2D eigenvalue weighted by Gasteiger charge is -2.12. The van der Waals surface area contributed by atoms with Crippen molar-refractivity contribution in [3.63, 3.8) is 0 Å². The topological polar surface area (TPSA) is 61.3 Å². The third kappa shape index (κ3) is 1.92. The summed E-state index contributed by atoms with van der Waals surface area (Å²) >= 11 is 0. The molecule has 72 valence electrons. The van der Waals surface area contributed by atoms with Crippen LogP contribution in [0.25, 0.3) is 0 Å². The number of nitrogens with two attached hydrogens (primary N) is 2. The summed E-state index contributed by atoms with van der Waals surface area (Å²) < 4.78 is 5.42. The second-order valence-electron chi connectivity index (χ2n) is 2.89. The molecule has 0 saturated heterocycles. The highest BCUT2D eigenvalue weighted by Gasteiger charge is 2.06. The molecule has 3 heteroatoms. The predicted octanol–water partition coefficient (Wildman–Crippen LogP) is 1.43. The molecule has 0 spiro atoms. The molecule has 0 bridgehead atoms. The highest BCUT2D eigenvalue weighted by Crippen LogP contribution is 2.25. The zero-order valence-corrected chi connectivity index (χ0v) is 8.13. The van der Waals surface area contributed by atoms with E-state index in [0.29, 0.717) is 13.2 Å². The minimum atomic E-state index is 0.457. The van der Waals surface area contributed by atoms with Crippen LogP contribution < -0.4 is 16.2 Å². The van der Waals surface area contributed by atoms with Crippen LogP contribution in [-0.4, -0.2) is 6.61 Å². The van der Waals surface area contributed by atoms with E-state index >= 15 is 0 Å². The van der Waals surface area contributed by atoms with Gasteiger partial charge in [0.15, 0.2) is 0 Å². The zero-order valence-electron chi connectivity index (χ0n) is 8.13. The molecule has 4 N–H and O–H groups in total. The smallest absolute Gasteiger partial charge is 0.122 e. The Hall–Kier alpha value is -1.22. The molecule has 0 amide bonds. The molecule has 13 heavy (non-hydrogen) atoms. The molecule has 1 rings (SSSR count). The van der Waals surface area contributed by atoms with Crippen LogP contribution in [0.5, 0.6) is 5.75 Å². The Labute approximate surface area is 78.7 Å². The van der Waals surface area contributed by atoms with Crippen LogP contribution in [0.2, 0.25) is 0 Å². The van der Waals surface area contributed by atoms with Crippen LogP contribution in [0, 0.1) is 6.92 Å². The summed E-state index contributed by atoms with van der Waals surface area (Å²) in [6, 6.07) is 3.72. The van der Waals surface area contributed by atoms with Crippen molar-refractivity contribution in [2.24, 2.45) is 5.73 Å². The van der Waals surface area contributed by atoms with Gasteiger partial charge in [-0.25, -0.2) is 0 Å². The van der Waals surface area contributed by atoms with E-state index in [2.05, 4.69) is 0 Å². The number of benzene rings is 1. The van der Waals surface area contributed by atoms with Crippen LogP contribution in [0.4, 0.5) is 5.69 Å². The van der Waals surface area contributed by atoms with Crippen molar-refractivity contribution in [2.45, 2.75) is 20.4 Å². The number of anilines is 1. The fourth-order valence-electron chi connectivity index (χ4n) is 1.34. The molecule has 0 atom stereocenters. The standard InChI is InChI=1S/C10H16N2O/c1-3-13-10-5-4-9(12)8(6-11)7(10)2/h4-5H,3,6,11-12H2,1-2H3. The summed E-state index contributed by atoms with van der Waals surface area (Å²) in [4.78, 5) is 0. The van der Waals surface area contributed by atoms with E-state index in [1.54, 1.807) is 0 Å². The van der Waals surface area contributed by atoms with E-state index in [4.69, 9.17) is 16.2 Å². The Kier molecular flexibility index (Phi) is 3.14. The van der Waals surface area contributed by atoms with Gasteiger partial charge in [0.1, 0.15) is 5.75 Å². The third-order valence-corrected chi connectivity index (χ3v) is 2.09. The molecular weight excluding hydrogens is 164 g/mol. The number of nitrogen functional groups attached to an aromatic ring is 1. The van der Waals surface area contributed by atoms with Gasteiger partial charge in [-0.15, -0.1) is 0 Å². The molecule has 0 saturated carbocycles. The quantitative estimate of drug-likeness (QED) is 0.692. The minimum absolute atomic E-state index is 0.457. The molecule has 0 fully saturated rings. The molecule has 0 aliphatic heterocycles. The predicted molar refractivity (Wildman–Crippen MR) is 54.7 cm³/mol. The van der Waals surface area contributed by atoms with Gasteiger partial charge in [-0.1, -0.05) is 0 Å². The zero-order chi connectivity index (χ0) is 9.84. The average Bonchev–Trinajstić information content (AvgIpc) is 2.11. The van der Waals surface area contributed by atoms with E-state index in [1.165, 1.54) is 0 Å². The summed E-state index contributed by atoms with van der Waals surface area (Å²) in [5.74, 6) is 0.872. The normalized spacial score (nSPS) is 10.1. The first-order chi connectivity index (χ1) is 6.20. The van der Waals surface area contributed by atoms with Crippen molar-refractivity contribution in [3.8, 4) is 5.75 Å². The highest BCUT2D eigenvalue weighted by molar-refractivity contribution is 5.55. The van der Waals surface area contributed by atoms with Crippen molar-refractivity contribution in [2.75, 3.05) is 12.3 Å². The average molecular weight is 180 g/mol. The highest BCUT2D eigenvalue weighted by atomic mass is 16.5. The summed E-state index contributed by atoms with van der Waals surface area (Å²) in [6.07, 6.45) is 0. The van der Waals surface area contributed by atoms with Gasteiger partial charge in [0.05, 0.1) is 6.61 Å². The maximum atomic E-state index is 5.76. The van der Waals surface area contributed by atoms with Crippen LogP contribution in [0.1, 0.15) is 18.1 Å². The monoisotopic (exact) mass is 180 g/mol. The first-order valence-electron chi connectivity index (χ1n) is 4.41. The van der Waals surface area contributed by atoms with E-state index in [1.807, 2.05) is 26.0 Å². The molecule has 0 unspecified atom stereocenters. The van der Waals surface area contributed by atoms with E-state index in [-0.39, 0.29) is 0 Å². The molecule has 0 aromatic heterocycles. The number of rotatable bonds is 3. The number of ether oxygens (including phenoxy) is 1. The Morgan fingerprint density at radius 1 is 1.38 bits per heavy atom. The second kappa shape index (κ2) is 4.14. The van der Waals surface area contributed by atoms with Gasteiger partial charge in [-0.2, -0.15) is 0 Å². The van der Waals surface area contributed by atoms with Crippen LogP contribution in [0.3, 0.4) is 0 Å². The minimum Gasteiger partial charge on any atom is -0.494 e. The van der Waals surface area contributed by atoms with Crippen molar-refractivity contribution in [1.29, 1.82) is 0 Å². The summed E-state index contributed by atoms with van der Waals surface area (Å²) in [7, 11) is 0. The lowest BCUT2D eigenvalue weighted by Crippen LogP contribution is -2.06. The van der Waals surface area contributed by atoms with E-state index in [0.717, 1.165) is 22.6 Å². The van der Waals surface area contributed by atoms with Crippen LogP contribution >= 0.6 is 0 Å².